The van der Waals surface area contributed by atoms with Gasteiger partial charge in [0.05, 0.1) is 17.1 Å². The van der Waals surface area contributed by atoms with Crippen LogP contribution in [-0.4, -0.2) is 24.5 Å². The summed E-state index contributed by atoms with van der Waals surface area (Å²) in [6.07, 6.45) is 4.04. The Balaban J connectivity index is 2.02. The van der Waals surface area contributed by atoms with E-state index in [1.807, 2.05) is 10.7 Å². The second kappa shape index (κ2) is 6.09. The monoisotopic (exact) mass is 293 g/mol. The van der Waals surface area contributed by atoms with Gasteiger partial charge in [-0.15, -0.1) is 0 Å². The van der Waals surface area contributed by atoms with Gasteiger partial charge in [-0.3, -0.25) is 4.68 Å². The molecule has 1 heterocycles. The van der Waals surface area contributed by atoms with Crippen molar-refractivity contribution in [2.24, 2.45) is 0 Å². The number of nitrogens with one attached hydrogen (secondary N) is 1. The van der Waals surface area contributed by atoms with Gasteiger partial charge in [-0.2, -0.15) is 5.10 Å². The molecule has 20 heavy (non-hydrogen) atoms. The smallest absolute Gasteiger partial charge is 0.175 e. The van der Waals surface area contributed by atoms with E-state index in [0.717, 1.165) is 24.3 Å². The van der Waals surface area contributed by atoms with E-state index in [0.29, 0.717) is 11.4 Å². The molecule has 5 nitrogen and oxygen atoms in total. The van der Waals surface area contributed by atoms with Crippen LogP contribution in [0.3, 0.4) is 0 Å². The molecular weight excluding hydrogens is 274 g/mol. The molecule has 0 saturated carbocycles. The Kier molecular flexibility index (Phi) is 4.44. The fraction of sp³-hybridized carbons (Fsp3) is 0.357. The van der Waals surface area contributed by atoms with Gasteiger partial charge < -0.3 is 5.32 Å². The van der Waals surface area contributed by atoms with Crippen LogP contribution in [0.2, 0.25) is 0 Å². The molecule has 2 aromatic rings. The van der Waals surface area contributed by atoms with Crippen molar-refractivity contribution in [3.8, 4) is 0 Å². The molecule has 0 bridgehead atoms. The van der Waals surface area contributed by atoms with Crippen LogP contribution in [0.25, 0.3) is 0 Å². The van der Waals surface area contributed by atoms with Gasteiger partial charge in [0.1, 0.15) is 0 Å². The fourth-order valence-electron chi connectivity index (χ4n) is 1.94. The molecule has 108 valence electrons. The van der Waals surface area contributed by atoms with Crippen LogP contribution in [0.1, 0.15) is 19.0 Å². The van der Waals surface area contributed by atoms with Crippen molar-refractivity contribution in [1.82, 2.24) is 9.78 Å². The van der Waals surface area contributed by atoms with Gasteiger partial charge in [-0.05, 0) is 36.8 Å². The van der Waals surface area contributed by atoms with E-state index < -0.39 is 9.84 Å². The number of rotatable bonds is 6. The molecule has 0 saturated heterocycles. The minimum Gasteiger partial charge on any atom is -0.379 e. The van der Waals surface area contributed by atoms with E-state index in [4.69, 9.17) is 0 Å². The molecule has 1 aromatic heterocycles. The third-order valence-corrected chi connectivity index (χ3v) is 4.12. The lowest BCUT2D eigenvalue weighted by Crippen LogP contribution is -2.09. The van der Waals surface area contributed by atoms with Crippen LogP contribution >= 0.6 is 0 Å². The average molecular weight is 293 g/mol. The number of aryl methyl sites for hydroxylation is 1. The minimum atomic E-state index is -3.13. The molecular formula is C14H19N3O2S. The standard InChI is InChI=1S/C14H19N3O2S/c1-3-10-17-13(8-9-16-17)11-15-12-4-6-14(7-5-12)20(2,18)19/h4-9,15H,3,10-11H2,1-2H3. The van der Waals surface area contributed by atoms with E-state index in [-0.39, 0.29) is 0 Å². The summed E-state index contributed by atoms with van der Waals surface area (Å²) >= 11 is 0. The van der Waals surface area contributed by atoms with Gasteiger partial charge in [0.15, 0.2) is 9.84 Å². The van der Waals surface area contributed by atoms with E-state index >= 15 is 0 Å². The molecule has 0 spiro atoms. The van der Waals surface area contributed by atoms with Gasteiger partial charge in [-0.25, -0.2) is 8.42 Å². The van der Waals surface area contributed by atoms with Gasteiger partial charge >= 0.3 is 0 Å². The fourth-order valence-corrected chi connectivity index (χ4v) is 2.57. The predicted molar refractivity (Wildman–Crippen MR) is 79.4 cm³/mol. The van der Waals surface area contributed by atoms with Crippen LogP contribution in [0.5, 0.6) is 0 Å². The highest BCUT2D eigenvalue weighted by molar-refractivity contribution is 7.90. The molecule has 0 aliphatic heterocycles. The average Bonchev–Trinajstić information content (AvgIpc) is 2.84. The summed E-state index contributed by atoms with van der Waals surface area (Å²) in [6.45, 7) is 3.68. The van der Waals surface area contributed by atoms with E-state index in [9.17, 15) is 8.42 Å². The number of benzene rings is 1. The highest BCUT2D eigenvalue weighted by Gasteiger charge is 2.06. The summed E-state index contributed by atoms with van der Waals surface area (Å²) in [5.74, 6) is 0. The highest BCUT2D eigenvalue weighted by Crippen LogP contribution is 2.14. The van der Waals surface area contributed by atoms with Gasteiger partial charge in [0.2, 0.25) is 0 Å². The summed E-state index contributed by atoms with van der Waals surface area (Å²) < 4.78 is 24.7. The molecule has 1 N–H and O–H groups in total. The minimum absolute atomic E-state index is 0.332. The Hall–Kier alpha value is -1.82. The zero-order valence-electron chi connectivity index (χ0n) is 11.7. The largest absolute Gasteiger partial charge is 0.379 e. The number of aromatic nitrogens is 2. The Morgan fingerprint density at radius 3 is 2.50 bits per heavy atom. The van der Waals surface area contributed by atoms with Crippen LogP contribution in [0.4, 0.5) is 5.69 Å². The summed E-state index contributed by atoms with van der Waals surface area (Å²) in [4.78, 5) is 0.332. The molecule has 0 radical (unpaired) electrons. The van der Waals surface area contributed by atoms with E-state index in [1.165, 1.54) is 6.26 Å². The van der Waals surface area contributed by atoms with Gasteiger partial charge in [0, 0.05) is 24.7 Å². The van der Waals surface area contributed by atoms with E-state index in [1.54, 1.807) is 30.5 Å². The maximum Gasteiger partial charge on any atom is 0.175 e. The maximum atomic E-state index is 11.4. The number of anilines is 1. The van der Waals surface area contributed by atoms with Crippen LogP contribution in [0.15, 0.2) is 41.4 Å². The van der Waals surface area contributed by atoms with Crippen molar-refractivity contribution in [2.75, 3.05) is 11.6 Å². The number of nitrogens with zero attached hydrogens (tertiary/aromatic N) is 2. The molecule has 0 fully saturated rings. The first-order valence-corrected chi connectivity index (χ1v) is 8.44. The SMILES string of the molecule is CCCn1nccc1CNc1ccc(S(C)(=O)=O)cc1. The molecule has 0 aliphatic rings. The lowest BCUT2D eigenvalue weighted by Gasteiger charge is -2.09. The molecule has 0 amide bonds. The third-order valence-electron chi connectivity index (χ3n) is 3.00. The Morgan fingerprint density at radius 1 is 1.20 bits per heavy atom. The third kappa shape index (κ3) is 3.60. The Labute approximate surface area is 119 Å². The van der Waals surface area contributed by atoms with Crippen LogP contribution in [-0.2, 0) is 22.9 Å². The van der Waals surface area contributed by atoms with Crippen molar-refractivity contribution >= 4 is 15.5 Å². The van der Waals surface area contributed by atoms with Crippen molar-refractivity contribution in [3.05, 3.63) is 42.2 Å². The molecule has 0 aliphatic carbocycles. The lowest BCUT2D eigenvalue weighted by molar-refractivity contribution is 0.578. The topological polar surface area (TPSA) is 64.0 Å². The second-order valence-corrected chi connectivity index (χ2v) is 6.71. The van der Waals surface area contributed by atoms with Crippen molar-refractivity contribution in [3.63, 3.8) is 0 Å². The summed E-state index contributed by atoms with van der Waals surface area (Å²) in [7, 11) is -3.13. The summed E-state index contributed by atoms with van der Waals surface area (Å²) in [5.41, 5.74) is 2.00. The van der Waals surface area contributed by atoms with Crippen LogP contribution in [0, 0.1) is 0 Å². The first kappa shape index (κ1) is 14.6. The molecule has 0 unspecified atom stereocenters. The van der Waals surface area contributed by atoms with Crippen LogP contribution < -0.4 is 5.32 Å². The Morgan fingerprint density at radius 2 is 1.90 bits per heavy atom. The molecule has 1 aromatic carbocycles. The highest BCUT2D eigenvalue weighted by atomic mass is 32.2. The normalized spacial score (nSPS) is 11.5. The maximum absolute atomic E-state index is 11.4. The zero-order chi connectivity index (χ0) is 14.6. The van der Waals surface area contributed by atoms with Gasteiger partial charge in [-0.1, -0.05) is 6.92 Å². The van der Waals surface area contributed by atoms with E-state index in [2.05, 4.69) is 17.3 Å². The lowest BCUT2D eigenvalue weighted by atomic mass is 10.3. The predicted octanol–water partition coefficient (Wildman–Crippen LogP) is 2.31. The van der Waals surface area contributed by atoms with Gasteiger partial charge in [0.25, 0.3) is 0 Å². The first-order chi connectivity index (χ1) is 9.50. The first-order valence-electron chi connectivity index (χ1n) is 6.55. The van der Waals surface area contributed by atoms with Crippen molar-refractivity contribution < 1.29 is 8.42 Å². The number of sulfone groups is 1. The number of hydrogen-bond acceptors (Lipinski definition) is 4. The molecule has 2 rings (SSSR count). The summed E-state index contributed by atoms with van der Waals surface area (Å²) in [5, 5.41) is 7.53. The number of hydrogen-bond donors (Lipinski definition) is 1. The Bertz CT molecular complexity index is 660. The summed E-state index contributed by atoms with van der Waals surface area (Å²) in [6, 6.07) is 8.75. The van der Waals surface area contributed by atoms with Crippen molar-refractivity contribution in [2.45, 2.75) is 31.3 Å². The second-order valence-electron chi connectivity index (χ2n) is 4.70. The zero-order valence-corrected chi connectivity index (χ0v) is 12.5. The molecule has 0 atom stereocenters. The van der Waals surface area contributed by atoms with Crippen molar-refractivity contribution in [1.29, 1.82) is 0 Å². The molecule has 6 heteroatoms. The quantitative estimate of drug-likeness (QED) is 0.887.